The highest BCUT2D eigenvalue weighted by Crippen LogP contribution is 2.27. The second kappa shape index (κ2) is 7.92. The topological polar surface area (TPSA) is 60.4 Å². The Balaban J connectivity index is 1.68. The van der Waals surface area contributed by atoms with Crippen LogP contribution in [-0.2, 0) is 0 Å². The molecule has 0 aliphatic carbocycles. The van der Waals surface area contributed by atoms with Crippen LogP contribution in [-0.4, -0.2) is 60.1 Å². The first kappa shape index (κ1) is 18.3. The summed E-state index contributed by atoms with van der Waals surface area (Å²) in [4.78, 5) is 15.9. The van der Waals surface area contributed by atoms with Crippen LogP contribution in [0.2, 0.25) is 0 Å². The number of ether oxygens (including phenoxy) is 2. The Morgan fingerprint density at radius 3 is 1.68 bits per heavy atom. The van der Waals surface area contributed by atoms with Gasteiger partial charge in [0.2, 0.25) is 0 Å². The minimum atomic E-state index is 0.236. The fourth-order valence-electron chi connectivity index (χ4n) is 3.05. The molecule has 0 atom stereocenters. The van der Waals surface area contributed by atoms with E-state index in [1.807, 2.05) is 60.7 Å². The highest BCUT2D eigenvalue weighted by atomic mass is 16.5. The van der Waals surface area contributed by atoms with Crippen molar-refractivity contribution in [1.29, 1.82) is 0 Å². The average Bonchev–Trinajstić information content (AvgIpc) is 2.72. The van der Waals surface area contributed by atoms with Gasteiger partial charge in [-0.25, -0.2) is 0 Å². The molecule has 7 heteroatoms. The van der Waals surface area contributed by atoms with Crippen LogP contribution in [0.25, 0.3) is 0 Å². The highest BCUT2D eigenvalue weighted by molar-refractivity contribution is 5.32. The molecular weight excluding hydrogens is 354 g/mol. The normalized spacial score (nSPS) is 16.5. The van der Waals surface area contributed by atoms with Crippen molar-refractivity contribution >= 4 is 5.95 Å². The number of nitrogens with zero attached hydrogens (tertiary/aromatic N) is 5. The number of likely N-dealkylation sites (N-methyl/N-ethyl adjacent to an activating group) is 2. The maximum Gasteiger partial charge on any atom is 0.338 e. The van der Waals surface area contributed by atoms with Crippen LogP contribution in [0.3, 0.4) is 0 Å². The number of hydrogen-bond acceptors (Lipinski definition) is 6. The third-order valence-electron chi connectivity index (χ3n) is 4.92. The Morgan fingerprint density at radius 2 is 1.21 bits per heavy atom. The molecular formula is C21H24N5O2+. The van der Waals surface area contributed by atoms with E-state index in [1.165, 1.54) is 0 Å². The van der Waals surface area contributed by atoms with E-state index in [4.69, 9.17) is 9.47 Å². The summed E-state index contributed by atoms with van der Waals surface area (Å²) in [5.74, 6) is 2.00. The van der Waals surface area contributed by atoms with Crippen LogP contribution in [0.4, 0.5) is 5.95 Å². The maximum atomic E-state index is 5.89. The van der Waals surface area contributed by atoms with Gasteiger partial charge in [0.25, 0.3) is 0 Å². The van der Waals surface area contributed by atoms with Gasteiger partial charge in [-0.05, 0) is 31.3 Å². The second-order valence-corrected chi connectivity index (χ2v) is 7.18. The van der Waals surface area contributed by atoms with Crippen molar-refractivity contribution in [3.63, 3.8) is 0 Å². The number of piperazine rings is 1. The summed E-state index contributed by atoms with van der Waals surface area (Å²) in [6.07, 6.45) is 0. The first-order valence-corrected chi connectivity index (χ1v) is 9.36. The zero-order chi connectivity index (χ0) is 19.4. The van der Waals surface area contributed by atoms with Gasteiger partial charge in [0.05, 0.1) is 20.1 Å². The van der Waals surface area contributed by atoms with Crippen LogP contribution in [0.15, 0.2) is 60.7 Å². The predicted octanol–water partition coefficient (Wildman–Crippen LogP) is 3.34. The molecule has 0 radical (unpaired) electrons. The van der Waals surface area contributed by atoms with Gasteiger partial charge in [0, 0.05) is 13.1 Å². The minimum absolute atomic E-state index is 0.236. The number of benzene rings is 2. The third-order valence-corrected chi connectivity index (χ3v) is 4.92. The summed E-state index contributed by atoms with van der Waals surface area (Å²) in [6, 6.07) is 19.5. The molecule has 0 N–H and O–H groups in total. The summed E-state index contributed by atoms with van der Waals surface area (Å²) >= 11 is 0. The Kier molecular flexibility index (Phi) is 5.18. The van der Waals surface area contributed by atoms with Crippen LogP contribution < -0.4 is 14.0 Å². The van der Waals surface area contributed by atoms with Gasteiger partial charge in [-0.1, -0.05) is 36.4 Å². The molecule has 0 saturated carbocycles. The van der Waals surface area contributed by atoms with Crippen molar-refractivity contribution < 1.29 is 9.47 Å². The summed E-state index contributed by atoms with van der Waals surface area (Å²) < 4.78 is 12.4. The van der Waals surface area contributed by atoms with E-state index in [2.05, 4.69) is 33.9 Å². The van der Waals surface area contributed by atoms with E-state index < -0.39 is 0 Å². The van der Waals surface area contributed by atoms with Crippen LogP contribution in [0.1, 0.15) is 0 Å². The smallest absolute Gasteiger partial charge is 0.338 e. The number of para-hydroxylation sites is 2. The molecule has 1 fully saturated rings. The SMILES string of the molecule is CN1CC[N+](C)(c2nc(Oc3ccccc3)nc(Oc3ccccc3)n2)CC1. The number of aromatic nitrogens is 3. The Hall–Kier alpha value is -3.03. The molecule has 2 heterocycles. The molecule has 0 unspecified atom stereocenters. The number of quaternary nitrogens is 1. The molecule has 3 aromatic rings. The fourth-order valence-corrected chi connectivity index (χ4v) is 3.05. The van der Waals surface area contributed by atoms with E-state index in [1.54, 1.807) is 0 Å². The highest BCUT2D eigenvalue weighted by Gasteiger charge is 2.34. The standard InChI is InChI=1S/C21H24N5O2/c1-25-13-15-26(2,16-14-25)19-22-20(27-17-9-5-3-6-10-17)24-21(23-19)28-18-11-7-4-8-12-18/h3-12H,13-16H2,1-2H3/q+1. The zero-order valence-corrected chi connectivity index (χ0v) is 16.2. The van der Waals surface area contributed by atoms with E-state index >= 15 is 0 Å². The molecule has 0 amide bonds. The fraction of sp³-hybridized carbons (Fsp3) is 0.286. The molecule has 1 aliphatic rings. The van der Waals surface area contributed by atoms with Gasteiger partial charge in [0.15, 0.2) is 0 Å². The molecule has 28 heavy (non-hydrogen) atoms. The lowest BCUT2D eigenvalue weighted by Crippen LogP contribution is -2.58. The van der Waals surface area contributed by atoms with Crippen molar-refractivity contribution in [3.05, 3.63) is 60.7 Å². The molecule has 1 aromatic heterocycles. The molecule has 1 saturated heterocycles. The predicted molar refractivity (Wildman–Crippen MR) is 108 cm³/mol. The summed E-state index contributed by atoms with van der Waals surface area (Å²) in [6.45, 7) is 3.78. The van der Waals surface area contributed by atoms with E-state index in [0.29, 0.717) is 21.9 Å². The van der Waals surface area contributed by atoms with Crippen molar-refractivity contribution in [1.82, 2.24) is 24.3 Å². The summed E-state index contributed by atoms with van der Waals surface area (Å²) in [5, 5.41) is 0. The zero-order valence-electron chi connectivity index (χ0n) is 16.2. The summed E-state index contributed by atoms with van der Waals surface area (Å²) in [7, 11) is 4.27. The number of rotatable bonds is 5. The van der Waals surface area contributed by atoms with Gasteiger partial charge in [-0.15, -0.1) is 15.0 Å². The van der Waals surface area contributed by atoms with Crippen molar-refractivity contribution in [3.8, 4) is 23.5 Å². The summed E-state index contributed by atoms with van der Waals surface area (Å²) in [5.41, 5.74) is 0. The molecule has 2 aromatic carbocycles. The number of hydrogen-bond donors (Lipinski definition) is 0. The van der Waals surface area contributed by atoms with Crippen LogP contribution in [0.5, 0.6) is 23.5 Å². The Bertz CT molecular complexity index is 853. The van der Waals surface area contributed by atoms with Gasteiger partial charge < -0.3 is 9.47 Å². The average molecular weight is 378 g/mol. The lowest BCUT2D eigenvalue weighted by atomic mass is 10.3. The minimum Gasteiger partial charge on any atom is -0.424 e. The first-order valence-electron chi connectivity index (χ1n) is 9.36. The van der Waals surface area contributed by atoms with Gasteiger partial charge in [-0.3, -0.25) is 9.38 Å². The van der Waals surface area contributed by atoms with Gasteiger partial charge in [-0.2, -0.15) is 0 Å². The van der Waals surface area contributed by atoms with Gasteiger partial charge >= 0.3 is 18.0 Å². The monoisotopic (exact) mass is 378 g/mol. The third kappa shape index (κ3) is 4.27. The largest absolute Gasteiger partial charge is 0.424 e. The Morgan fingerprint density at radius 1 is 0.750 bits per heavy atom. The molecule has 0 spiro atoms. The first-order chi connectivity index (χ1) is 13.6. The molecule has 144 valence electrons. The molecule has 4 rings (SSSR count). The lowest BCUT2D eigenvalue weighted by molar-refractivity contribution is 0.173. The van der Waals surface area contributed by atoms with Crippen LogP contribution in [0, 0.1) is 0 Å². The van der Waals surface area contributed by atoms with E-state index in [9.17, 15) is 0 Å². The molecule has 7 nitrogen and oxygen atoms in total. The van der Waals surface area contributed by atoms with Crippen LogP contribution >= 0.6 is 0 Å². The quantitative estimate of drug-likeness (QED) is 0.635. The van der Waals surface area contributed by atoms with E-state index in [0.717, 1.165) is 26.2 Å². The molecule has 1 aliphatic heterocycles. The van der Waals surface area contributed by atoms with Crippen molar-refractivity contribution in [2.75, 3.05) is 40.3 Å². The van der Waals surface area contributed by atoms with Crippen molar-refractivity contribution in [2.24, 2.45) is 0 Å². The van der Waals surface area contributed by atoms with Gasteiger partial charge in [0.1, 0.15) is 11.5 Å². The van der Waals surface area contributed by atoms with E-state index in [-0.39, 0.29) is 12.0 Å². The lowest BCUT2D eigenvalue weighted by Gasteiger charge is -2.38. The maximum absolute atomic E-state index is 5.89. The molecule has 0 bridgehead atoms. The Labute approximate surface area is 164 Å². The second-order valence-electron chi connectivity index (χ2n) is 7.18. The van der Waals surface area contributed by atoms with Crippen molar-refractivity contribution in [2.45, 2.75) is 0 Å².